The first-order chi connectivity index (χ1) is 30.3. The van der Waals surface area contributed by atoms with Crippen molar-refractivity contribution < 1.29 is 24.7 Å². The van der Waals surface area contributed by atoms with Gasteiger partial charge in [-0.2, -0.15) is 8.75 Å². The summed E-state index contributed by atoms with van der Waals surface area (Å²) in [5, 5.41) is 5.10. The van der Waals surface area contributed by atoms with E-state index in [1.807, 2.05) is 12.1 Å². The number of aromatic nitrogens is 2. The van der Waals surface area contributed by atoms with Crippen LogP contribution < -0.4 is 9.80 Å². The normalized spacial score (nSPS) is 20.5. The number of carbonyl (C=O) groups is 4. The Kier molecular flexibility index (Phi) is 21.9. The number of hydrogen-bond donors (Lipinski definition) is 0. The van der Waals surface area contributed by atoms with E-state index < -0.39 is 0 Å². The van der Waals surface area contributed by atoms with Gasteiger partial charge in [0, 0.05) is 102 Å². The summed E-state index contributed by atoms with van der Waals surface area (Å²) in [5.41, 5.74) is 2.19. The molecule has 2 N–H and O–H groups in total. The van der Waals surface area contributed by atoms with Gasteiger partial charge in [-0.25, -0.2) is 0 Å². The number of piperazine rings is 2. The van der Waals surface area contributed by atoms with Gasteiger partial charge in [-0.15, -0.1) is 49.6 Å². The molecular weight excluding hydrogens is 975 g/mol. The Hall–Kier alpha value is -2.86. The van der Waals surface area contributed by atoms with Gasteiger partial charge in [-0.1, -0.05) is 49.9 Å². The number of fused-ring (bicyclic) bond motifs is 2. The summed E-state index contributed by atoms with van der Waals surface area (Å²) in [7, 11) is 0. The zero-order valence-corrected chi connectivity index (χ0v) is 43.5. The second-order valence-electron chi connectivity index (χ2n) is 19.1. The fraction of sp³-hybridized carbons (Fsp3) is 0.625. The third-order valence-electron chi connectivity index (χ3n) is 14.9. The van der Waals surface area contributed by atoms with Crippen LogP contribution in [0.1, 0.15) is 103 Å². The molecule has 0 bridgehead atoms. The van der Waals surface area contributed by atoms with E-state index in [1.54, 1.807) is 32.9 Å². The first-order valence-electron chi connectivity index (χ1n) is 23.6. The molecule has 6 heterocycles. The third kappa shape index (κ3) is 13.3. The van der Waals surface area contributed by atoms with E-state index >= 15 is 0 Å². The Balaban J connectivity index is 0.000000272. The van der Waals surface area contributed by atoms with Crippen molar-refractivity contribution in [2.24, 2.45) is 10.8 Å². The lowest BCUT2D eigenvalue weighted by atomic mass is 9.76. The highest BCUT2D eigenvalue weighted by Gasteiger charge is 2.46. The first kappa shape index (κ1) is 56.7. The summed E-state index contributed by atoms with van der Waals surface area (Å²) in [4.78, 5) is 63.4. The van der Waals surface area contributed by atoms with Crippen LogP contribution in [0.15, 0.2) is 48.5 Å². The summed E-state index contributed by atoms with van der Waals surface area (Å²) in [6.07, 6.45) is 15.2. The Labute approximate surface area is 429 Å². The lowest BCUT2D eigenvalue weighted by molar-refractivity contribution is -0.155. The van der Waals surface area contributed by atoms with Gasteiger partial charge in [0.25, 0.3) is 0 Å². The van der Waals surface area contributed by atoms with E-state index in [2.05, 4.69) is 64.7 Å². The van der Waals surface area contributed by atoms with Crippen molar-refractivity contribution in [1.29, 1.82) is 0 Å². The van der Waals surface area contributed by atoms with Crippen LogP contribution >= 0.6 is 72.7 Å². The van der Waals surface area contributed by atoms with Crippen LogP contribution in [-0.4, -0.2) is 136 Å². The SMILES string of the molecule is Cl.Cl.Cl.Cl.O.O=C1CC2(CCCC2)CC(=O)N1CCCCN1CCN(c2snc3ccccc23)CC1.O=C1CC2(CCCC2)CC(=O)N1CCCCN1CCN(c2snc3ccccc23)CC1. The first-order valence-corrected chi connectivity index (χ1v) is 25.1. The molecule has 13 nitrogen and oxygen atoms in total. The molecule has 10 rings (SSSR count). The molecule has 4 aliphatic heterocycles. The molecule has 4 saturated heterocycles. The highest BCUT2D eigenvalue weighted by molar-refractivity contribution is 7.12. The minimum absolute atomic E-state index is 0. The molecule has 2 aromatic heterocycles. The van der Waals surface area contributed by atoms with Crippen LogP contribution in [0, 0.1) is 10.8 Å². The average molecular weight is 1050 g/mol. The van der Waals surface area contributed by atoms with Crippen LogP contribution in [-0.2, 0) is 19.2 Å². The number of hydrogen-bond acceptors (Lipinski definition) is 12. The highest BCUT2D eigenvalue weighted by Crippen LogP contribution is 2.48. The number of benzene rings is 2. The number of imide groups is 2. The maximum Gasteiger partial charge on any atom is 0.229 e. The minimum Gasteiger partial charge on any atom is -0.412 e. The maximum atomic E-state index is 12.6. The van der Waals surface area contributed by atoms with Crippen LogP contribution in [0.5, 0.6) is 0 Å². The van der Waals surface area contributed by atoms with Crippen molar-refractivity contribution in [3.63, 3.8) is 0 Å². The summed E-state index contributed by atoms with van der Waals surface area (Å²) in [6.45, 7) is 11.6. The molecule has 2 saturated carbocycles. The Morgan fingerprint density at radius 3 is 1.10 bits per heavy atom. The molecule has 0 unspecified atom stereocenters. The summed E-state index contributed by atoms with van der Waals surface area (Å²) in [5.74, 6) is 0.291. The topological polar surface area (TPSA) is 145 Å². The van der Waals surface area contributed by atoms with E-state index in [9.17, 15) is 19.2 Å². The summed E-state index contributed by atoms with van der Waals surface area (Å²) in [6, 6.07) is 16.7. The number of nitrogens with zero attached hydrogens (tertiary/aromatic N) is 8. The van der Waals surface area contributed by atoms with Gasteiger partial charge in [0.15, 0.2) is 0 Å². The Morgan fingerprint density at radius 2 is 0.761 bits per heavy atom. The van der Waals surface area contributed by atoms with Crippen molar-refractivity contribution in [3.05, 3.63) is 48.5 Å². The Morgan fingerprint density at radius 1 is 0.448 bits per heavy atom. The maximum absolute atomic E-state index is 12.6. The van der Waals surface area contributed by atoms with Gasteiger partial charge in [0.05, 0.1) is 11.0 Å². The van der Waals surface area contributed by atoms with Crippen LogP contribution in [0.2, 0.25) is 0 Å². The van der Waals surface area contributed by atoms with Crippen molar-refractivity contribution >= 4 is 128 Å². The standard InChI is InChI=1S/2C24H32N4O2S.4ClH.H2O/c2*29-21-17-24(9-3-4-10-24)18-22(30)28(21)12-6-5-11-26-13-15-27(16-14-26)23-19-7-1-2-8-20(19)25-31-23;;;;;/h2*1-2,7-8H,3-6,9-18H2;4*1H;1H2. The van der Waals surface area contributed by atoms with Crippen molar-refractivity contribution in [2.75, 3.05) is 88.3 Å². The van der Waals surface area contributed by atoms with Crippen LogP contribution in [0.3, 0.4) is 0 Å². The van der Waals surface area contributed by atoms with Crippen molar-refractivity contribution in [2.45, 2.75) is 103 Å². The molecule has 0 atom stereocenters. The number of carbonyl (C=O) groups excluding carboxylic acids is 4. The van der Waals surface area contributed by atoms with E-state index in [1.165, 1.54) is 46.5 Å². The molecule has 4 amide bonds. The predicted molar refractivity (Wildman–Crippen MR) is 281 cm³/mol. The molecular formula is C48H70Cl4N8O5S2. The van der Waals surface area contributed by atoms with Crippen LogP contribution in [0.4, 0.5) is 10.0 Å². The lowest BCUT2D eigenvalue weighted by Gasteiger charge is -2.37. The van der Waals surface area contributed by atoms with Crippen molar-refractivity contribution in [3.8, 4) is 0 Å². The van der Waals surface area contributed by atoms with Crippen molar-refractivity contribution in [1.82, 2.24) is 28.3 Å². The van der Waals surface area contributed by atoms with Gasteiger partial charge in [-0.3, -0.25) is 38.8 Å². The monoisotopic (exact) mass is 1040 g/mol. The molecule has 19 heteroatoms. The lowest BCUT2D eigenvalue weighted by Crippen LogP contribution is -2.48. The second kappa shape index (κ2) is 25.8. The van der Waals surface area contributed by atoms with Gasteiger partial charge >= 0.3 is 0 Å². The molecule has 0 radical (unpaired) electrons. The number of anilines is 2. The van der Waals surface area contributed by atoms with E-state index in [-0.39, 0.29) is 89.6 Å². The number of unbranched alkanes of at least 4 members (excludes halogenated alkanes) is 2. The summed E-state index contributed by atoms with van der Waals surface area (Å²) < 4.78 is 9.16. The number of halogens is 4. The highest BCUT2D eigenvalue weighted by atomic mass is 35.5. The van der Waals surface area contributed by atoms with E-state index in [0.717, 1.165) is 128 Å². The fourth-order valence-electron chi connectivity index (χ4n) is 11.3. The smallest absolute Gasteiger partial charge is 0.229 e. The Bertz CT molecular complexity index is 2030. The van der Waals surface area contributed by atoms with E-state index in [0.29, 0.717) is 38.8 Å². The molecule has 2 aliphatic carbocycles. The second-order valence-corrected chi connectivity index (χ2v) is 20.6. The largest absolute Gasteiger partial charge is 0.412 e. The fourth-order valence-corrected chi connectivity index (χ4v) is 13.1. The van der Waals surface area contributed by atoms with E-state index in [4.69, 9.17) is 0 Å². The molecule has 6 aliphatic rings. The summed E-state index contributed by atoms with van der Waals surface area (Å²) >= 11 is 3.21. The number of piperidine rings is 2. The van der Waals surface area contributed by atoms with Gasteiger partial charge < -0.3 is 15.3 Å². The van der Waals surface area contributed by atoms with Gasteiger partial charge in [0.1, 0.15) is 10.0 Å². The molecule has 372 valence electrons. The number of amides is 4. The number of rotatable bonds is 12. The third-order valence-corrected chi connectivity index (χ3v) is 16.8. The minimum atomic E-state index is 0. The predicted octanol–water partition coefficient (Wildman–Crippen LogP) is 8.68. The van der Waals surface area contributed by atoms with Gasteiger partial charge in [0.2, 0.25) is 23.6 Å². The van der Waals surface area contributed by atoms with Gasteiger partial charge in [-0.05, 0) is 123 Å². The van der Waals surface area contributed by atoms with Crippen LogP contribution in [0.25, 0.3) is 21.8 Å². The molecule has 2 spiro atoms. The average Bonchev–Trinajstić information content (AvgIpc) is 4.11. The number of likely N-dealkylation sites (tertiary alicyclic amines) is 2. The molecule has 2 aromatic carbocycles. The quantitative estimate of drug-likeness (QED) is 0.0999. The molecule has 67 heavy (non-hydrogen) atoms. The zero-order valence-electron chi connectivity index (χ0n) is 38.6. The molecule has 4 aromatic rings. The zero-order chi connectivity index (χ0) is 42.5. The molecule has 6 fully saturated rings.